The average molecular weight is 562 g/mol. The van der Waals surface area contributed by atoms with Crippen LogP contribution in [-0.2, 0) is 11.3 Å². The lowest BCUT2D eigenvalue weighted by Gasteiger charge is -2.40. The highest BCUT2D eigenvalue weighted by atomic mass is 19.1. The fourth-order valence-electron chi connectivity index (χ4n) is 5.77. The molecule has 6 rings (SSSR count). The van der Waals surface area contributed by atoms with E-state index in [2.05, 4.69) is 20.1 Å². The summed E-state index contributed by atoms with van der Waals surface area (Å²) in [7, 11) is 0. The Hall–Kier alpha value is -4.19. The van der Waals surface area contributed by atoms with Crippen LogP contribution in [0.3, 0.4) is 0 Å². The summed E-state index contributed by atoms with van der Waals surface area (Å²) in [6.45, 7) is 2.76. The van der Waals surface area contributed by atoms with Gasteiger partial charge in [0.25, 0.3) is 5.56 Å². The standard InChI is InChI=1S/C29H32FN7O4/c1-19-31-14-24(15-32-19)41-23-8-2-20(3-9-23)27(38)35-12-10-29(40,11-13-35)17-36-18-33-26-25(28(36)39)16-34-37(26)22-6-4-21(30)5-7-22/h4-7,14-16,18,20,23,40H,2-3,8-13,17H2,1H3/t20-,23-. The predicted octanol–water partition coefficient (Wildman–Crippen LogP) is 2.81. The van der Waals surface area contributed by atoms with Crippen LogP contribution in [0, 0.1) is 18.7 Å². The number of benzene rings is 1. The van der Waals surface area contributed by atoms with E-state index in [0.29, 0.717) is 54.2 Å². The fraction of sp³-hybridized carbons (Fsp3) is 0.448. The van der Waals surface area contributed by atoms with Crippen LogP contribution in [-0.4, -0.2) is 70.0 Å². The first kappa shape index (κ1) is 27.0. The minimum absolute atomic E-state index is 0.0452. The maximum absolute atomic E-state index is 13.3. The number of aromatic nitrogens is 6. The van der Waals surface area contributed by atoms with Crippen molar-refractivity contribution in [3.05, 3.63) is 71.2 Å². The molecule has 1 amide bonds. The highest BCUT2D eigenvalue weighted by Crippen LogP contribution is 2.31. The summed E-state index contributed by atoms with van der Waals surface area (Å²) in [6, 6.07) is 5.76. The fourth-order valence-corrected chi connectivity index (χ4v) is 5.77. The molecule has 0 radical (unpaired) electrons. The molecule has 214 valence electrons. The van der Waals surface area contributed by atoms with Gasteiger partial charge in [-0.05, 0) is 69.7 Å². The molecule has 11 nitrogen and oxygen atoms in total. The van der Waals surface area contributed by atoms with Crippen LogP contribution < -0.4 is 10.3 Å². The molecule has 4 heterocycles. The molecular weight excluding hydrogens is 529 g/mol. The number of piperidine rings is 1. The van der Waals surface area contributed by atoms with Gasteiger partial charge in [0.05, 0.1) is 42.5 Å². The number of aryl methyl sites for hydroxylation is 1. The molecule has 0 unspecified atom stereocenters. The molecular formula is C29H32FN7O4. The lowest BCUT2D eigenvalue weighted by molar-refractivity contribution is -0.141. The summed E-state index contributed by atoms with van der Waals surface area (Å²) in [5.74, 6) is 1.05. The first-order chi connectivity index (χ1) is 19.8. The number of rotatable bonds is 6. The van der Waals surface area contributed by atoms with Crippen LogP contribution in [0.5, 0.6) is 5.75 Å². The average Bonchev–Trinajstić information content (AvgIpc) is 3.42. The van der Waals surface area contributed by atoms with Crippen molar-refractivity contribution >= 4 is 16.9 Å². The zero-order valence-corrected chi connectivity index (χ0v) is 22.8. The van der Waals surface area contributed by atoms with Crippen molar-refractivity contribution in [1.82, 2.24) is 34.2 Å². The second-order valence-corrected chi connectivity index (χ2v) is 11.1. The van der Waals surface area contributed by atoms with Gasteiger partial charge in [0.1, 0.15) is 23.4 Å². The van der Waals surface area contributed by atoms with Crippen molar-refractivity contribution in [2.45, 2.75) is 63.7 Å². The minimum Gasteiger partial charge on any atom is -0.487 e. The highest BCUT2D eigenvalue weighted by Gasteiger charge is 2.37. The van der Waals surface area contributed by atoms with Crippen LogP contribution in [0.2, 0.25) is 0 Å². The molecule has 0 atom stereocenters. The van der Waals surface area contributed by atoms with Gasteiger partial charge < -0.3 is 14.7 Å². The number of amides is 1. The predicted molar refractivity (Wildman–Crippen MR) is 147 cm³/mol. The number of nitrogens with zero attached hydrogens (tertiary/aromatic N) is 7. The lowest BCUT2D eigenvalue weighted by Crippen LogP contribution is -2.51. The van der Waals surface area contributed by atoms with E-state index in [4.69, 9.17) is 4.74 Å². The minimum atomic E-state index is -1.13. The summed E-state index contributed by atoms with van der Waals surface area (Å²) in [6.07, 6.45) is 10.1. The van der Waals surface area contributed by atoms with Crippen molar-refractivity contribution in [3.63, 3.8) is 0 Å². The van der Waals surface area contributed by atoms with E-state index in [-0.39, 0.29) is 35.9 Å². The molecule has 3 aromatic heterocycles. The van der Waals surface area contributed by atoms with Gasteiger partial charge in [-0.25, -0.2) is 24.0 Å². The van der Waals surface area contributed by atoms with E-state index in [1.54, 1.807) is 24.5 Å². The Morgan fingerprint density at radius 1 is 1.05 bits per heavy atom. The van der Waals surface area contributed by atoms with Crippen molar-refractivity contribution in [2.75, 3.05) is 13.1 Å². The van der Waals surface area contributed by atoms with Crippen LogP contribution in [0.25, 0.3) is 16.7 Å². The SMILES string of the molecule is Cc1ncc(O[C@H]2CC[C@H](C(=O)N3CCC(O)(Cn4cnc5c(cnn5-c5ccc(F)cc5)c4=O)CC3)CC2)cn1. The monoisotopic (exact) mass is 561 g/mol. The second-order valence-electron chi connectivity index (χ2n) is 11.1. The molecule has 0 spiro atoms. The van der Waals surface area contributed by atoms with Crippen LogP contribution in [0.15, 0.2) is 54.0 Å². The number of carbonyl (C=O) groups is 1. The number of halogens is 1. The van der Waals surface area contributed by atoms with Gasteiger partial charge in [0, 0.05) is 19.0 Å². The quantitative estimate of drug-likeness (QED) is 0.381. The molecule has 1 aliphatic heterocycles. The number of aliphatic hydroxyl groups is 1. The number of hydrogen-bond donors (Lipinski definition) is 1. The van der Waals surface area contributed by atoms with Gasteiger partial charge in [-0.1, -0.05) is 0 Å². The molecule has 2 fully saturated rings. The van der Waals surface area contributed by atoms with Gasteiger partial charge >= 0.3 is 0 Å². The van der Waals surface area contributed by atoms with E-state index < -0.39 is 5.60 Å². The van der Waals surface area contributed by atoms with Crippen molar-refractivity contribution in [3.8, 4) is 11.4 Å². The molecule has 4 aromatic rings. The summed E-state index contributed by atoms with van der Waals surface area (Å²) >= 11 is 0. The Balaban J connectivity index is 1.04. The Morgan fingerprint density at radius 2 is 1.73 bits per heavy atom. The molecule has 1 aliphatic carbocycles. The van der Waals surface area contributed by atoms with Gasteiger partial charge in [-0.15, -0.1) is 0 Å². The van der Waals surface area contributed by atoms with Crippen molar-refractivity contribution in [2.24, 2.45) is 5.92 Å². The Labute approximate surface area is 235 Å². The molecule has 41 heavy (non-hydrogen) atoms. The highest BCUT2D eigenvalue weighted by molar-refractivity contribution is 5.79. The molecule has 12 heteroatoms. The van der Waals surface area contributed by atoms with E-state index >= 15 is 0 Å². The zero-order chi connectivity index (χ0) is 28.6. The molecule has 2 aliphatic rings. The van der Waals surface area contributed by atoms with E-state index in [1.807, 2.05) is 11.8 Å². The normalized spacial score (nSPS) is 20.7. The third kappa shape index (κ3) is 5.69. The van der Waals surface area contributed by atoms with Gasteiger partial charge in [-0.2, -0.15) is 5.10 Å². The Bertz CT molecular complexity index is 1590. The van der Waals surface area contributed by atoms with E-state index in [9.17, 15) is 19.1 Å². The second kappa shape index (κ2) is 11.0. The van der Waals surface area contributed by atoms with Gasteiger partial charge in [0.15, 0.2) is 11.4 Å². The molecule has 0 bridgehead atoms. The molecule has 1 saturated heterocycles. The third-order valence-corrected chi connectivity index (χ3v) is 8.18. The summed E-state index contributed by atoms with van der Waals surface area (Å²) in [5.41, 5.74) is -0.502. The topological polar surface area (TPSA) is 128 Å². The first-order valence-electron chi connectivity index (χ1n) is 13.9. The van der Waals surface area contributed by atoms with E-state index in [0.717, 1.165) is 25.7 Å². The van der Waals surface area contributed by atoms with Gasteiger partial charge in [-0.3, -0.25) is 14.2 Å². The largest absolute Gasteiger partial charge is 0.487 e. The summed E-state index contributed by atoms with van der Waals surface area (Å²) in [4.78, 5) is 41.0. The number of ether oxygens (including phenoxy) is 1. The number of likely N-dealkylation sites (tertiary alicyclic amines) is 1. The lowest BCUT2D eigenvalue weighted by atomic mass is 9.85. The molecule has 1 saturated carbocycles. The van der Waals surface area contributed by atoms with E-state index in [1.165, 1.54) is 33.9 Å². The molecule has 1 N–H and O–H groups in total. The van der Waals surface area contributed by atoms with Crippen molar-refractivity contribution in [1.29, 1.82) is 0 Å². The van der Waals surface area contributed by atoms with Crippen molar-refractivity contribution < 1.29 is 19.0 Å². The first-order valence-corrected chi connectivity index (χ1v) is 13.9. The Morgan fingerprint density at radius 3 is 2.41 bits per heavy atom. The molecule has 1 aromatic carbocycles. The number of fused-ring (bicyclic) bond motifs is 1. The van der Waals surface area contributed by atoms with Crippen LogP contribution in [0.4, 0.5) is 4.39 Å². The smallest absolute Gasteiger partial charge is 0.264 e. The Kier molecular flexibility index (Phi) is 7.24. The zero-order valence-electron chi connectivity index (χ0n) is 22.8. The summed E-state index contributed by atoms with van der Waals surface area (Å²) < 4.78 is 22.2. The van der Waals surface area contributed by atoms with Gasteiger partial charge in [0.2, 0.25) is 5.91 Å². The van der Waals surface area contributed by atoms with Crippen LogP contribution >= 0.6 is 0 Å². The van der Waals surface area contributed by atoms with Crippen LogP contribution in [0.1, 0.15) is 44.3 Å². The maximum Gasteiger partial charge on any atom is 0.264 e. The third-order valence-electron chi connectivity index (χ3n) is 8.18. The maximum atomic E-state index is 13.3. The summed E-state index contributed by atoms with van der Waals surface area (Å²) in [5, 5.41) is 15.9. The number of hydrogen-bond acceptors (Lipinski definition) is 8. The number of carbonyl (C=O) groups excluding carboxylic acids is 1.